The topological polar surface area (TPSA) is 49.8 Å². The third-order valence-corrected chi connectivity index (χ3v) is 5.29. The number of aliphatic hydroxyl groups is 1. The Morgan fingerprint density at radius 1 is 1.12 bits per heavy atom. The zero-order valence-corrected chi connectivity index (χ0v) is 16.5. The molecule has 0 bridgehead atoms. The Hall–Kier alpha value is -0.850. The highest BCUT2D eigenvalue weighted by Crippen LogP contribution is 2.30. The van der Waals surface area contributed by atoms with Crippen molar-refractivity contribution < 1.29 is 14.6 Å². The van der Waals surface area contributed by atoms with Crippen molar-refractivity contribution in [2.24, 2.45) is 0 Å². The summed E-state index contributed by atoms with van der Waals surface area (Å²) in [7, 11) is 1.70. The van der Waals surface area contributed by atoms with Crippen molar-refractivity contribution in [3.63, 3.8) is 0 Å². The zero-order chi connectivity index (χ0) is 17.8. The standard InChI is InChI=1S/C18H29NO3S2/c1-19(24-3)18(21)22-16-12-11-15(14-17(16)23-2)10-8-6-4-5-7-9-13-20/h11-12,14,20H,4-10,13H2,1-3H3. The quantitative estimate of drug-likeness (QED) is 0.337. The van der Waals surface area contributed by atoms with Crippen molar-refractivity contribution >= 4 is 29.8 Å². The van der Waals surface area contributed by atoms with Crippen LogP contribution in [0.25, 0.3) is 0 Å². The second-order valence-electron chi connectivity index (χ2n) is 5.63. The number of rotatable bonds is 11. The lowest BCUT2D eigenvalue weighted by Crippen LogP contribution is -2.23. The molecule has 0 saturated heterocycles. The van der Waals surface area contributed by atoms with Crippen molar-refractivity contribution in [2.45, 2.75) is 49.8 Å². The molecule has 0 unspecified atom stereocenters. The molecular formula is C18H29NO3S2. The fourth-order valence-corrected chi connectivity index (χ4v) is 3.10. The van der Waals surface area contributed by atoms with E-state index in [9.17, 15) is 4.79 Å². The van der Waals surface area contributed by atoms with Crippen LogP contribution in [0.1, 0.15) is 44.1 Å². The first-order valence-electron chi connectivity index (χ1n) is 8.39. The van der Waals surface area contributed by atoms with E-state index in [1.807, 2.05) is 24.6 Å². The molecule has 0 heterocycles. The smallest absolute Gasteiger partial charge is 0.408 e. The van der Waals surface area contributed by atoms with Crippen LogP contribution in [0.5, 0.6) is 5.75 Å². The van der Waals surface area contributed by atoms with Crippen molar-refractivity contribution in [1.82, 2.24) is 4.31 Å². The van der Waals surface area contributed by atoms with E-state index in [1.54, 1.807) is 18.8 Å². The van der Waals surface area contributed by atoms with E-state index in [1.165, 1.54) is 47.5 Å². The number of carbonyl (C=O) groups is 1. The molecule has 0 aromatic heterocycles. The van der Waals surface area contributed by atoms with Gasteiger partial charge in [-0.25, -0.2) is 4.79 Å². The van der Waals surface area contributed by atoms with Gasteiger partial charge in [0.25, 0.3) is 0 Å². The molecule has 136 valence electrons. The number of carbonyl (C=O) groups excluding carboxylic acids is 1. The van der Waals surface area contributed by atoms with E-state index in [0.29, 0.717) is 12.4 Å². The number of ether oxygens (including phenoxy) is 1. The first-order valence-corrected chi connectivity index (χ1v) is 10.8. The largest absolute Gasteiger partial charge is 0.425 e. The lowest BCUT2D eigenvalue weighted by molar-refractivity contribution is 0.186. The average Bonchev–Trinajstić information content (AvgIpc) is 2.61. The van der Waals surface area contributed by atoms with Crippen molar-refractivity contribution in [3.05, 3.63) is 23.8 Å². The molecule has 1 rings (SSSR count). The number of aryl methyl sites for hydroxylation is 1. The molecule has 0 aliphatic rings. The van der Waals surface area contributed by atoms with Gasteiger partial charge in [0.1, 0.15) is 5.75 Å². The summed E-state index contributed by atoms with van der Waals surface area (Å²) in [5, 5.41) is 8.75. The molecule has 0 atom stereocenters. The Labute approximate surface area is 154 Å². The Bertz CT molecular complexity index is 497. The highest BCUT2D eigenvalue weighted by Gasteiger charge is 2.13. The van der Waals surface area contributed by atoms with Crippen LogP contribution in [-0.4, -0.2) is 41.7 Å². The molecule has 0 saturated carbocycles. The van der Waals surface area contributed by atoms with Gasteiger partial charge in [-0.05, 0) is 55.2 Å². The molecule has 0 aliphatic heterocycles. The van der Waals surface area contributed by atoms with E-state index >= 15 is 0 Å². The molecule has 0 fully saturated rings. The normalized spacial score (nSPS) is 10.7. The van der Waals surface area contributed by atoms with Crippen LogP contribution in [0.15, 0.2) is 23.1 Å². The van der Waals surface area contributed by atoms with Gasteiger partial charge in [0.05, 0.1) is 4.90 Å². The number of hydrogen-bond acceptors (Lipinski definition) is 5. The molecule has 0 aliphatic carbocycles. The summed E-state index contributed by atoms with van der Waals surface area (Å²) in [6, 6.07) is 6.07. The maximum absolute atomic E-state index is 11.9. The predicted octanol–water partition coefficient (Wildman–Crippen LogP) is 4.99. The van der Waals surface area contributed by atoms with Gasteiger partial charge < -0.3 is 9.84 Å². The molecule has 1 amide bonds. The molecular weight excluding hydrogens is 342 g/mol. The molecule has 24 heavy (non-hydrogen) atoms. The molecule has 0 spiro atoms. The minimum Gasteiger partial charge on any atom is -0.408 e. The maximum Gasteiger partial charge on any atom is 0.425 e. The van der Waals surface area contributed by atoms with Crippen LogP contribution >= 0.6 is 23.7 Å². The molecule has 1 aromatic rings. The van der Waals surface area contributed by atoms with Gasteiger partial charge in [-0.2, -0.15) is 0 Å². The fraction of sp³-hybridized carbons (Fsp3) is 0.611. The number of unbranched alkanes of at least 4 members (excludes halogenated alkanes) is 5. The van der Waals surface area contributed by atoms with Crippen molar-refractivity contribution in [2.75, 3.05) is 26.2 Å². The van der Waals surface area contributed by atoms with Crippen LogP contribution < -0.4 is 4.74 Å². The summed E-state index contributed by atoms with van der Waals surface area (Å²) in [6.07, 6.45) is 11.4. The van der Waals surface area contributed by atoms with Gasteiger partial charge in [0, 0.05) is 19.9 Å². The minimum atomic E-state index is -0.353. The molecule has 0 radical (unpaired) electrons. The van der Waals surface area contributed by atoms with E-state index in [2.05, 4.69) is 6.07 Å². The molecule has 4 nitrogen and oxygen atoms in total. The van der Waals surface area contributed by atoms with Crippen LogP contribution in [-0.2, 0) is 6.42 Å². The van der Waals surface area contributed by atoms with Crippen LogP contribution in [0.2, 0.25) is 0 Å². The third kappa shape index (κ3) is 7.81. The monoisotopic (exact) mass is 371 g/mol. The lowest BCUT2D eigenvalue weighted by Gasteiger charge is -2.15. The molecule has 6 heteroatoms. The molecule has 1 aromatic carbocycles. The first-order chi connectivity index (χ1) is 11.6. The Morgan fingerprint density at radius 2 is 1.79 bits per heavy atom. The Balaban J connectivity index is 2.46. The predicted molar refractivity (Wildman–Crippen MR) is 104 cm³/mol. The second kappa shape index (κ2) is 12.5. The number of thioether (sulfide) groups is 1. The summed E-state index contributed by atoms with van der Waals surface area (Å²) in [4.78, 5) is 12.9. The van der Waals surface area contributed by atoms with Gasteiger partial charge >= 0.3 is 6.09 Å². The van der Waals surface area contributed by atoms with Crippen LogP contribution in [0.3, 0.4) is 0 Å². The van der Waals surface area contributed by atoms with E-state index in [4.69, 9.17) is 9.84 Å². The van der Waals surface area contributed by atoms with Crippen molar-refractivity contribution in [1.29, 1.82) is 0 Å². The lowest BCUT2D eigenvalue weighted by atomic mass is 10.0. The highest BCUT2D eigenvalue weighted by atomic mass is 32.2. The number of hydrogen-bond donors (Lipinski definition) is 1. The average molecular weight is 372 g/mol. The first kappa shape index (κ1) is 21.2. The summed E-state index contributed by atoms with van der Waals surface area (Å²) in [5.41, 5.74) is 1.28. The number of amides is 1. The number of aliphatic hydroxyl groups excluding tert-OH is 1. The zero-order valence-electron chi connectivity index (χ0n) is 14.9. The summed E-state index contributed by atoms with van der Waals surface area (Å²) in [5.74, 6) is 0.626. The van der Waals surface area contributed by atoms with Gasteiger partial charge in [0.15, 0.2) is 0 Å². The van der Waals surface area contributed by atoms with Gasteiger partial charge in [-0.3, -0.25) is 4.31 Å². The SMILES string of the molecule is CSc1cc(CCCCCCCCO)ccc1OC(=O)N(C)SC. The minimum absolute atomic E-state index is 0.307. The van der Waals surface area contributed by atoms with Gasteiger partial charge in [-0.15, -0.1) is 11.8 Å². The number of nitrogens with zero attached hydrogens (tertiary/aromatic N) is 1. The second-order valence-corrected chi connectivity index (χ2v) is 7.39. The van der Waals surface area contributed by atoms with Gasteiger partial charge in [0.2, 0.25) is 0 Å². The molecule has 1 N–H and O–H groups in total. The van der Waals surface area contributed by atoms with E-state index in [-0.39, 0.29) is 6.09 Å². The summed E-state index contributed by atoms with van der Waals surface area (Å²) < 4.78 is 6.92. The van der Waals surface area contributed by atoms with Gasteiger partial charge in [-0.1, -0.05) is 31.7 Å². The van der Waals surface area contributed by atoms with E-state index < -0.39 is 0 Å². The Morgan fingerprint density at radius 3 is 2.42 bits per heavy atom. The summed E-state index contributed by atoms with van der Waals surface area (Å²) >= 11 is 2.92. The highest BCUT2D eigenvalue weighted by molar-refractivity contribution is 7.98. The fourth-order valence-electron chi connectivity index (χ4n) is 2.33. The van der Waals surface area contributed by atoms with Crippen LogP contribution in [0.4, 0.5) is 4.79 Å². The maximum atomic E-state index is 11.9. The summed E-state index contributed by atoms with van der Waals surface area (Å²) in [6.45, 7) is 0.307. The number of benzene rings is 1. The van der Waals surface area contributed by atoms with Crippen LogP contribution in [0, 0.1) is 0 Å². The van der Waals surface area contributed by atoms with Crippen molar-refractivity contribution in [3.8, 4) is 5.75 Å². The Kier molecular flexibility index (Phi) is 11.0. The van der Waals surface area contributed by atoms with E-state index in [0.717, 1.165) is 24.2 Å². The third-order valence-electron chi connectivity index (χ3n) is 3.83.